The number of quaternary nitrogens is 1. The van der Waals surface area contributed by atoms with Crippen molar-refractivity contribution < 1.29 is 16.9 Å². The zero-order chi connectivity index (χ0) is 28.5. The number of hydrogen-bond donors (Lipinski definition) is 0. The largest absolute Gasteiger partial charge is 1.00 e. The molecule has 0 aromatic carbocycles. The van der Waals surface area contributed by atoms with Crippen LogP contribution in [0.4, 0.5) is 0 Å². The molecule has 0 aromatic heterocycles. The summed E-state index contributed by atoms with van der Waals surface area (Å²) in [6, 6.07) is 0. The molecule has 0 unspecified atom stereocenters. The van der Waals surface area contributed by atoms with Gasteiger partial charge in [-0.3, -0.25) is 4.48 Å². The Labute approximate surface area is 261 Å². The molecule has 0 radical (unpaired) electrons. The van der Waals surface area contributed by atoms with Crippen molar-refractivity contribution in [2.75, 3.05) is 14.1 Å². The fourth-order valence-corrected chi connectivity index (χ4v) is 5.66. The summed E-state index contributed by atoms with van der Waals surface area (Å²) >= 11 is 0. The van der Waals surface area contributed by atoms with Gasteiger partial charge in [-0.15, -0.1) is 0 Å². The summed E-state index contributed by atoms with van der Waals surface area (Å²) in [4.78, 5) is 0. The maximum atomic E-state index is 2.41. The van der Waals surface area contributed by atoms with Gasteiger partial charge in [-0.1, -0.05) is 181 Å². The quantitative estimate of drug-likeness (QED) is 0.0547. The Morgan fingerprint density at radius 3 is 0.750 bits per heavy atom. The first-order chi connectivity index (χ1) is 19.1. The highest BCUT2D eigenvalue weighted by atomic mass is 35.5. The molecular weight excluding hydrogens is 506 g/mol. The molecule has 0 rings (SSSR count). The second kappa shape index (κ2) is 34.9. The molecule has 0 amide bonds. The highest BCUT2D eigenvalue weighted by molar-refractivity contribution is 4.80. The van der Waals surface area contributed by atoms with Crippen LogP contribution in [0.1, 0.15) is 206 Å². The zero-order valence-electron chi connectivity index (χ0n) is 28.3. The Hall–Kier alpha value is -0.270. The van der Waals surface area contributed by atoms with Crippen LogP contribution in [-0.2, 0) is 0 Å². The average Bonchev–Trinajstić information content (AvgIpc) is 2.92. The van der Waals surface area contributed by atoms with Crippen LogP contribution in [0.25, 0.3) is 0 Å². The van der Waals surface area contributed by atoms with E-state index in [0.717, 1.165) is 4.48 Å². The predicted octanol–water partition coefficient (Wildman–Crippen LogP) is 10.8. The SMILES string of the molecule is CCCCCCCCCCCCCCCCC=C[N+](C)(C)C=CCCCCCCCCCCCCCCCC.[Cl-]. The van der Waals surface area contributed by atoms with Crippen molar-refractivity contribution in [1.82, 2.24) is 0 Å². The first-order valence-electron chi connectivity index (χ1n) is 18.3. The third-order valence-electron chi connectivity index (χ3n) is 8.43. The standard InChI is InChI=1S/C38H76N.ClH/c1-5-7-9-11-13-15-17-19-21-23-25-27-29-31-33-35-37-39(3,4)38-36-34-32-30-28-26-24-22-20-18-16-14-12-10-8-6-2;/h35-38H,5-34H2,1-4H3;1H/q+1;/p-1. The van der Waals surface area contributed by atoms with E-state index in [1.165, 1.54) is 193 Å². The minimum Gasteiger partial charge on any atom is -1.00 e. The maximum absolute atomic E-state index is 2.41. The lowest BCUT2D eigenvalue weighted by molar-refractivity contribution is -0.784. The van der Waals surface area contributed by atoms with Crippen LogP contribution < -0.4 is 12.4 Å². The number of unbranched alkanes of at least 4 members (excludes halogenated alkanes) is 28. The summed E-state index contributed by atoms with van der Waals surface area (Å²) in [6.07, 6.45) is 52.4. The summed E-state index contributed by atoms with van der Waals surface area (Å²) in [5.74, 6) is 0. The van der Waals surface area contributed by atoms with Crippen molar-refractivity contribution in [3.8, 4) is 0 Å². The van der Waals surface area contributed by atoms with E-state index in [-0.39, 0.29) is 12.4 Å². The van der Waals surface area contributed by atoms with E-state index < -0.39 is 0 Å². The fraction of sp³-hybridized carbons (Fsp3) is 0.895. The first-order valence-corrected chi connectivity index (χ1v) is 18.3. The molecule has 0 aliphatic heterocycles. The monoisotopic (exact) mass is 582 g/mol. The van der Waals surface area contributed by atoms with Gasteiger partial charge >= 0.3 is 0 Å². The number of rotatable bonds is 32. The number of allylic oxidation sites excluding steroid dienone is 2. The Morgan fingerprint density at radius 2 is 0.525 bits per heavy atom. The molecule has 0 aromatic rings. The lowest BCUT2D eigenvalue weighted by atomic mass is 10.0. The molecule has 0 aliphatic rings. The molecule has 1 nitrogen and oxygen atoms in total. The van der Waals surface area contributed by atoms with E-state index in [1.54, 1.807) is 0 Å². The Bertz CT molecular complexity index is 466. The van der Waals surface area contributed by atoms with Crippen LogP contribution >= 0.6 is 0 Å². The highest BCUT2D eigenvalue weighted by Gasteiger charge is 2.05. The molecule has 0 spiro atoms. The van der Waals surface area contributed by atoms with Gasteiger partial charge in [0.2, 0.25) is 0 Å². The second-order valence-electron chi connectivity index (χ2n) is 13.2. The smallest absolute Gasteiger partial charge is 0.0959 e. The molecule has 2 heteroatoms. The lowest BCUT2D eigenvalue weighted by Gasteiger charge is -2.19. The number of hydrogen-bond acceptors (Lipinski definition) is 0. The minimum absolute atomic E-state index is 0. The van der Waals surface area contributed by atoms with Gasteiger partial charge in [0.15, 0.2) is 0 Å². The van der Waals surface area contributed by atoms with Crippen LogP contribution in [-0.4, -0.2) is 18.6 Å². The maximum Gasteiger partial charge on any atom is 0.0959 e. The Morgan fingerprint density at radius 1 is 0.325 bits per heavy atom. The van der Waals surface area contributed by atoms with E-state index in [2.05, 4.69) is 52.5 Å². The molecule has 0 N–H and O–H groups in total. The fourth-order valence-electron chi connectivity index (χ4n) is 5.66. The molecular formula is C38H76ClN. The van der Waals surface area contributed by atoms with Crippen molar-refractivity contribution in [3.63, 3.8) is 0 Å². The second-order valence-corrected chi connectivity index (χ2v) is 13.2. The van der Waals surface area contributed by atoms with Crippen LogP contribution in [0.2, 0.25) is 0 Å². The average molecular weight is 582 g/mol. The Balaban J connectivity index is 0. The van der Waals surface area contributed by atoms with Crippen LogP contribution in [0, 0.1) is 0 Å². The summed E-state index contributed by atoms with van der Waals surface area (Å²) in [5, 5.41) is 0. The molecule has 0 heterocycles. The van der Waals surface area contributed by atoms with E-state index in [4.69, 9.17) is 0 Å². The van der Waals surface area contributed by atoms with E-state index in [9.17, 15) is 0 Å². The van der Waals surface area contributed by atoms with Crippen molar-refractivity contribution in [2.45, 2.75) is 206 Å². The third kappa shape index (κ3) is 35.8. The van der Waals surface area contributed by atoms with Gasteiger partial charge < -0.3 is 12.4 Å². The topological polar surface area (TPSA) is 0 Å². The minimum atomic E-state index is 0. The van der Waals surface area contributed by atoms with E-state index >= 15 is 0 Å². The molecule has 0 atom stereocenters. The predicted molar refractivity (Wildman–Crippen MR) is 180 cm³/mol. The summed E-state index contributed by atoms with van der Waals surface area (Å²) in [7, 11) is 4.59. The van der Waals surface area contributed by atoms with Crippen molar-refractivity contribution >= 4 is 0 Å². The molecule has 0 fully saturated rings. The molecule has 240 valence electrons. The van der Waals surface area contributed by atoms with Crippen molar-refractivity contribution in [3.05, 3.63) is 24.6 Å². The van der Waals surface area contributed by atoms with Gasteiger partial charge in [0, 0.05) is 0 Å². The van der Waals surface area contributed by atoms with Crippen molar-refractivity contribution in [1.29, 1.82) is 0 Å². The van der Waals surface area contributed by atoms with Gasteiger partial charge in [0.1, 0.15) is 0 Å². The number of nitrogens with zero attached hydrogens (tertiary/aromatic N) is 1. The van der Waals surface area contributed by atoms with Gasteiger partial charge in [-0.05, 0) is 37.8 Å². The summed E-state index contributed by atoms with van der Waals surface area (Å²) < 4.78 is 0.886. The molecule has 0 aliphatic carbocycles. The van der Waals surface area contributed by atoms with Crippen LogP contribution in [0.5, 0.6) is 0 Å². The molecule has 0 saturated carbocycles. The van der Waals surface area contributed by atoms with Gasteiger partial charge in [0.25, 0.3) is 0 Å². The highest BCUT2D eigenvalue weighted by Crippen LogP contribution is 2.15. The lowest BCUT2D eigenvalue weighted by Crippen LogP contribution is -3.00. The van der Waals surface area contributed by atoms with Crippen molar-refractivity contribution in [2.24, 2.45) is 0 Å². The zero-order valence-corrected chi connectivity index (χ0v) is 29.1. The molecule has 40 heavy (non-hydrogen) atoms. The van der Waals surface area contributed by atoms with Gasteiger partial charge in [-0.2, -0.15) is 0 Å². The number of halogens is 1. The normalized spacial score (nSPS) is 12.1. The first kappa shape index (κ1) is 41.9. The van der Waals surface area contributed by atoms with E-state index in [0.29, 0.717) is 0 Å². The molecule has 0 saturated heterocycles. The third-order valence-corrected chi connectivity index (χ3v) is 8.43. The molecule has 0 bridgehead atoms. The van der Waals surface area contributed by atoms with Gasteiger partial charge in [-0.25, -0.2) is 0 Å². The summed E-state index contributed by atoms with van der Waals surface area (Å²) in [5.41, 5.74) is 0. The van der Waals surface area contributed by atoms with Crippen LogP contribution in [0.15, 0.2) is 24.6 Å². The van der Waals surface area contributed by atoms with E-state index in [1.807, 2.05) is 0 Å². The Kier molecular flexibility index (Phi) is 36.6. The summed E-state index contributed by atoms with van der Waals surface area (Å²) in [6.45, 7) is 4.61. The van der Waals surface area contributed by atoms with Crippen LogP contribution in [0.3, 0.4) is 0 Å². The van der Waals surface area contributed by atoms with Gasteiger partial charge in [0.05, 0.1) is 26.5 Å².